The molecule has 202 valence electrons. The lowest BCUT2D eigenvalue weighted by Gasteiger charge is -2.33. The van der Waals surface area contributed by atoms with E-state index in [1.165, 1.54) is 0 Å². The summed E-state index contributed by atoms with van der Waals surface area (Å²) in [6, 6.07) is 13.2. The molecule has 2 atom stereocenters. The number of benzene rings is 2. The molecule has 2 aliphatic rings. The number of ether oxygens (including phenoxy) is 2. The fraction of sp³-hybridized carbons (Fsp3) is 0.267. The van der Waals surface area contributed by atoms with Gasteiger partial charge in [-0.15, -0.1) is 0 Å². The van der Waals surface area contributed by atoms with Crippen LogP contribution in [-0.2, 0) is 11.3 Å². The third-order valence-corrected chi connectivity index (χ3v) is 8.06. The predicted octanol–water partition coefficient (Wildman–Crippen LogP) is 5.08. The third-order valence-electron chi connectivity index (χ3n) is 7.81. The van der Waals surface area contributed by atoms with E-state index in [4.69, 9.17) is 26.1 Å². The monoisotopic (exact) mass is 555 g/mol. The van der Waals surface area contributed by atoms with Gasteiger partial charge in [-0.3, -0.25) is 14.3 Å². The molecule has 2 fully saturated rings. The van der Waals surface area contributed by atoms with Crippen molar-refractivity contribution >= 4 is 34.1 Å². The summed E-state index contributed by atoms with van der Waals surface area (Å²) in [6.07, 6.45) is 8.41. The minimum atomic E-state index is -0.258. The van der Waals surface area contributed by atoms with Gasteiger partial charge in [-0.25, -0.2) is 9.78 Å². The summed E-state index contributed by atoms with van der Waals surface area (Å²) in [7, 11) is 0. The van der Waals surface area contributed by atoms with Crippen molar-refractivity contribution in [2.24, 2.45) is 0 Å². The molecule has 5 heterocycles. The Bertz CT molecular complexity index is 1800. The van der Waals surface area contributed by atoms with Crippen LogP contribution < -0.4 is 10.3 Å². The normalized spacial score (nSPS) is 18.8. The lowest BCUT2D eigenvalue weighted by Crippen LogP contribution is -2.44. The zero-order chi connectivity index (χ0) is 27.4. The summed E-state index contributed by atoms with van der Waals surface area (Å²) in [5.74, 6) is 1.23. The Morgan fingerprint density at radius 1 is 1.15 bits per heavy atom. The molecule has 5 aromatic rings. The molecule has 10 heteroatoms. The van der Waals surface area contributed by atoms with Gasteiger partial charge in [0.15, 0.2) is 0 Å². The number of aromatic nitrogens is 4. The van der Waals surface area contributed by atoms with Gasteiger partial charge < -0.3 is 18.8 Å². The van der Waals surface area contributed by atoms with Gasteiger partial charge in [0.05, 0.1) is 35.2 Å². The number of carbonyl (C=O) groups excluding carboxylic acids is 1. The fourth-order valence-electron chi connectivity index (χ4n) is 5.70. The Kier molecular flexibility index (Phi) is 5.96. The van der Waals surface area contributed by atoms with E-state index in [9.17, 15) is 9.59 Å². The minimum Gasteiger partial charge on any atom is -0.490 e. The van der Waals surface area contributed by atoms with Gasteiger partial charge in [0.25, 0.3) is 5.56 Å². The molecule has 0 aliphatic carbocycles. The van der Waals surface area contributed by atoms with Crippen LogP contribution in [0.15, 0.2) is 72.0 Å². The Hall–Kier alpha value is -4.37. The molecular weight excluding hydrogens is 530 g/mol. The van der Waals surface area contributed by atoms with E-state index in [0.29, 0.717) is 60.0 Å². The van der Waals surface area contributed by atoms with Gasteiger partial charge in [-0.2, -0.15) is 0 Å². The van der Waals surface area contributed by atoms with Crippen LogP contribution in [0.2, 0.25) is 5.02 Å². The average molecular weight is 556 g/mol. The highest BCUT2D eigenvalue weighted by Gasteiger charge is 2.39. The SMILES string of the molecule is Cc1nc2cc(-c3cc4cnccn4c3)c(O[C@H]3CCN4C(=O)OC[C@@H]4C3)cc2c(=O)n1Cc1ccc(Cl)cc1. The Morgan fingerprint density at radius 2 is 2.00 bits per heavy atom. The maximum Gasteiger partial charge on any atom is 0.410 e. The molecule has 2 aliphatic heterocycles. The van der Waals surface area contributed by atoms with Crippen molar-refractivity contribution in [1.82, 2.24) is 23.8 Å². The smallest absolute Gasteiger partial charge is 0.410 e. The zero-order valence-electron chi connectivity index (χ0n) is 21.8. The van der Waals surface area contributed by atoms with Crippen LogP contribution >= 0.6 is 11.6 Å². The van der Waals surface area contributed by atoms with E-state index in [2.05, 4.69) is 4.98 Å². The van der Waals surface area contributed by atoms with Gasteiger partial charge in [-0.1, -0.05) is 23.7 Å². The van der Waals surface area contributed by atoms with E-state index >= 15 is 0 Å². The van der Waals surface area contributed by atoms with Crippen LogP contribution in [0, 0.1) is 6.92 Å². The topological polar surface area (TPSA) is 91.0 Å². The first-order valence-corrected chi connectivity index (χ1v) is 13.6. The van der Waals surface area contributed by atoms with Gasteiger partial charge in [0.1, 0.15) is 24.3 Å². The molecule has 0 spiro atoms. The molecule has 3 aromatic heterocycles. The van der Waals surface area contributed by atoms with E-state index in [-0.39, 0.29) is 23.8 Å². The highest BCUT2D eigenvalue weighted by Crippen LogP contribution is 2.37. The number of nitrogens with zero attached hydrogens (tertiary/aromatic N) is 5. The first-order chi connectivity index (χ1) is 19.4. The first kappa shape index (κ1) is 24.7. The van der Waals surface area contributed by atoms with E-state index in [1.807, 2.05) is 66.2 Å². The summed E-state index contributed by atoms with van der Waals surface area (Å²) in [6.45, 7) is 3.18. The van der Waals surface area contributed by atoms with Crippen molar-refractivity contribution < 1.29 is 14.3 Å². The van der Waals surface area contributed by atoms with Crippen molar-refractivity contribution in [3.8, 4) is 16.9 Å². The average Bonchev–Trinajstić information content (AvgIpc) is 3.55. The van der Waals surface area contributed by atoms with Gasteiger partial charge in [-0.05, 0) is 42.8 Å². The van der Waals surface area contributed by atoms with Crippen LogP contribution in [0.5, 0.6) is 5.75 Å². The summed E-state index contributed by atoms with van der Waals surface area (Å²) in [5.41, 5.74) is 4.16. The number of hydrogen-bond donors (Lipinski definition) is 0. The second kappa shape index (κ2) is 9.67. The molecule has 0 saturated carbocycles. The molecule has 40 heavy (non-hydrogen) atoms. The molecule has 0 unspecified atom stereocenters. The van der Waals surface area contributed by atoms with E-state index < -0.39 is 0 Å². The lowest BCUT2D eigenvalue weighted by molar-refractivity contribution is 0.0941. The fourth-order valence-corrected chi connectivity index (χ4v) is 5.82. The summed E-state index contributed by atoms with van der Waals surface area (Å²) in [5, 5.41) is 1.13. The van der Waals surface area contributed by atoms with Crippen LogP contribution in [-0.4, -0.2) is 55.2 Å². The summed E-state index contributed by atoms with van der Waals surface area (Å²) >= 11 is 6.05. The Balaban J connectivity index is 1.32. The summed E-state index contributed by atoms with van der Waals surface area (Å²) in [4.78, 5) is 36.6. The van der Waals surface area contributed by atoms with Crippen LogP contribution in [0.25, 0.3) is 27.5 Å². The van der Waals surface area contributed by atoms with Crippen molar-refractivity contribution in [3.63, 3.8) is 0 Å². The number of cyclic esters (lactones) is 1. The highest BCUT2D eigenvalue weighted by molar-refractivity contribution is 6.30. The number of rotatable bonds is 5. The van der Waals surface area contributed by atoms with Crippen LogP contribution in [0.3, 0.4) is 0 Å². The second-order valence-corrected chi connectivity index (χ2v) is 10.8. The molecule has 2 aromatic carbocycles. The number of fused-ring (bicyclic) bond motifs is 3. The molecule has 1 amide bonds. The van der Waals surface area contributed by atoms with Gasteiger partial charge in [0.2, 0.25) is 0 Å². The van der Waals surface area contributed by atoms with E-state index in [1.54, 1.807) is 21.9 Å². The molecule has 7 rings (SSSR count). The minimum absolute atomic E-state index is 0.000723. The van der Waals surface area contributed by atoms with Gasteiger partial charge >= 0.3 is 6.09 Å². The first-order valence-electron chi connectivity index (χ1n) is 13.2. The molecule has 0 radical (unpaired) electrons. The maximum atomic E-state index is 13.8. The largest absolute Gasteiger partial charge is 0.490 e. The zero-order valence-corrected chi connectivity index (χ0v) is 22.5. The lowest BCUT2D eigenvalue weighted by atomic mass is 10.00. The molecular formula is C30H26ClN5O4. The van der Waals surface area contributed by atoms with Crippen molar-refractivity contribution in [3.05, 3.63) is 94.0 Å². The number of amides is 1. The quantitative estimate of drug-likeness (QED) is 0.300. The second-order valence-electron chi connectivity index (χ2n) is 10.4. The molecule has 0 N–H and O–H groups in total. The summed E-state index contributed by atoms with van der Waals surface area (Å²) < 4.78 is 15.6. The van der Waals surface area contributed by atoms with Crippen molar-refractivity contribution in [1.29, 1.82) is 0 Å². The van der Waals surface area contributed by atoms with Gasteiger partial charge in [0, 0.05) is 54.1 Å². The number of halogens is 1. The Morgan fingerprint density at radius 3 is 2.83 bits per heavy atom. The number of aryl methyl sites for hydroxylation is 1. The standard InChI is InChI=1S/C30H26ClN5O4/c1-18-33-27-12-25(20-10-22-14-32-7-9-34(22)16-20)28(40-24-6-8-35-23(11-24)17-39-30(35)38)13-26(27)29(37)36(18)15-19-2-4-21(31)5-3-19/h2-5,7,9-10,12-14,16,23-24H,6,8,11,15,17H2,1H3/t23-,24-/m0/s1. The van der Waals surface area contributed by atoms with Crippen LogP contribution in [0.1, 0.15) is 24.2 Å². The van der Waals surface area contributed by atoms with Crippen LogP contribution in [0.4, 0.5) is 4.79 Å². The molecule has 2 saturated heterocycles. The Labute approximate surface area is 234 Å². The van der Waals surface area contributed by atoms with E-state index in [0.717, 1.165) is 22.2 Å². The van der Waals surface area contributed by atoms with Crippen molar-refractivity contribution in [2.45, 2.75) is 38.5 Å². The predicted molar refractivity (Wildman–Crippen MR) is 151 cm³/mol. The van der Waals surface area contributed by atoms with Crippen molar-refractivity contribution in [2.75, 3.05) is 13.2 Å². The third kappa shape index (κ3) is 4.36. The number of hydrogen-bond acceptors (Lipinski definition) is 6. The highest BCUT2D eigenvalue weighted by atomic mass is 35.5. The number of carbonyl (C=O) groups is 1. The number of piperidine rings is 1. The molecule has 9 nitrogen and oxygen atoms in total. The maximum absolute atomic E-state index is 13.8. The molecule has 0 bridgehead atoms.